The van der Waals surface area contributed by atoms with Crippen molar-refractivity contribution in [1.29, 1.82) is 0 Å². The normalized spacial score (nSPS) is 10.8. The number of carbonyl (C=O) groups is 1. The predicted molar refractivity (Wildman–Crippen MR) is 69.1 cm³/mol. The van der Waals surface area contributed by atoms with E-state index in [4.69, 9.17) is 5.11 Å². The van der Waals surface area contributed by atoms with E-state index >= 15 is 0 Å². The van der Waals surface area contributed by atoms with Crippen LogP contribution < -0.4 is 0 Å². The second kappa shape index (κ2) is 5.49. The zero-order chi connectivity index (χ0) is 13.1. The summed E-state index contributed by atoms with van der Waals surface area (Å²) in [5, 5.41) is 20.2. The first kappa shape index (κ1) is 13.0. The molecule has 0 amide bonds. The Morgan fingerprint density at radius 2 is 2.28 bits per heavy atom. The van der Waals surface area contributed by atoms with Gasteiger partial charge in [-0.3, -0.25) is 9.36 Å². The van der Waals surface area contributed by atoms with Crippen LogP contribution in [0.15, 0.2) is 10.5 Å². The molecule has 0 aliphatic heterocycles. The first-order valence-electron chi connectivity index (χ1n) is 5.21. The Hall–Kier alpha value is -1.41. The van der Waals surface area contributed by atoms with Crippen molar-refractivity contribution in [2.45, 2.75) is 25.5 Å². The minimum absolute atomic E-state index is 0.0188. The Morgan fingerprint density at radius 1 is 1.50 bits per heavy atom. The van der Waals surface area contributed by atoms with Crippen molar-refractivity contribution in [1.82, 2.24) is 19.7 Å². The Labute approximate surface area is 112 Å². The molecular weight excluding hydrogens is 272 g/mol. The van der Waals surface area contributed by atoms with Gasteiger partial charge in [0, 0.05) is 11.1 Å². The number of thiazole rings is 1. The lowest BCUT2D eigenvalue weighted by molar-refractivity contribution is -0.133. The lowest BCUT2D eigenvalue weighted by Gasteiger charge is -2.04. The first-order chi connectivity index (χ1) is 8.56. The van der Waals surface area contributed by atoms with E-state index < -0.39 is 5.97 Å². The summed E-state index contributed by atoms with van der Waals surface area (Å²) in [4.78, 5) is 14.9. The van der Waals surface area contributed by atoms with E-state index in [1.54, 1.807) is 11.3 Å². The van der Waals surface area contributed by atoms with E-state index in [-0.39, 0.29) is 5.75 Å². The molecule has 18 heavy (non-hydrogen) atoms. The monoisotopic (exact) mass is 284 g/mol. The lowest BCUT2D eigenvalue weighted by atomic mass is 10.5. The molecule has 0 fully saturated rings. The molecule has 0 unspecified atom stereocenters. The molecule has 0 saturated heterocycles. The van der Waals surface area contributed by atoms with E-state index in [1.807, 2.05) is 23.8 Å². The van der Waals surface area contributed by atoms with Crippen LogP contribution in [0, 0.1) is 13.8 Å². The number of hydrogen-bond acceptors (Lipinski definition) is 6. The molecule has 8 heteroatoms. The zero-order valence-electron chi connectivity index (χ0n) is 9.95. The average molecular weight is 284 g/mol. The van der Waals surface area contributed by atoms with Gasteiger partial charge in [-0.05, 0) is 13.8 Å². The van der Waals surface area contributed by atoms with Crippen LogP contribution in [0.3, 0.4) is 0 Å². The number of nitrogens with zero attached hydrogens (tertiary/aromatic N) is 4. The van der Waals surface area contributed by atoms with Gasteiger partial charge in [-0.25, -0.2) is 4.98 Å². The molecule has 0 aromatic carbocycles. The maximum atomic E-state index is 10.6. The fourth-order valence-electron chi connectivity index (χ4n) is 1.39. The summed E-state index contributed by atoms with van der Waals surface area (Å²) >= 11 is 2.75. The van der Waals surface area contributed by atoms with Crippen LogP contribution in [0.2, 0.25) is 0 Å². The van der Waals surface area contributed by atoms with E-state index in [1.165, 1.54) is 11.8 Å². The van der Waals surface area contributed by atoms with Crippen molar-refractivity contribution in [2.24, 2.45) is 0 Å². The summed E-state index contributed by atoms with van der Waals surface area (Å²) in [6.45, 7) is 4.37. The van der Waals surface area contributed by atoms with E-state index in [0.29, 0.717) is 11.7 Å². The van der Waals surface area contributed by atoms with Gasteiger partial charge in [-0.1, -0.05) is 11.8 Å². The largest absolute Gasteiger partial charge is 0.481 e. The summed E-state index contributed by atoms with van der Waals surface area (Å²) < 4.78 is 1.88. The molecule has 2 aromatic heterocycles. The number of rotatable bonds is 5. The standard InChI is InChI=1S/C10H12N4O2S2/c1-6-4-17-8(11-6)3-14-7(2)12-13-10(14)18-5-9(15)16/h4H,3,5H2,1-2H3,(H,15,16). The van der Waals surface area contributed by atoms with Crippen LogP contribution in [-0.4, -0.2) is 36.6 Å². The highest BCUT2D eigenvalue weighted by Crippen LogP contribution is 2.19. The Bertz CT molecular complexity index is 564. The number of thioether (sulfide) groups is 1. The highest BCUT2D eigenvalue weighted by molar-refractivity contribution is 7.99. The molecule has 0 saturated carbocycles. The van der Waals surface area contributed by atoms with E-state index in [9.17, 15) is 4.79 Å². The molecule has 0 spiro atoms. The lowest BCUT2D eigenvalue weighted by Crippen LogP contribution is -2.06. The Morgan fingerprint density at radius 3 is 2.89 bits per heavy atom. The van der Waals surface area contributed by atoms with Gasteiger partial charge in [0.25, 0.3) is 0 Å². The minimum atomic E-state index is -0.864. The number of aryl methyl sites for hydroxylation is 2. The fraction of sp³-hybridized carbons (Fsp3) is 0.400. The number of carboxylic acids is 1. The Balaban J connectivity index is 2.16. The second-order valence-electron chi connectivity index (χ2n) is 3.68. The fourth-order valence-corrected chi connectivity index (χ4v) is 2.85. The smallest absolute Gasteiger partial charge is 0.313 e. The number of aromatic nitrogens is 4. The van der Waals surface area contributed by atoms with Gasteiger partial charge in [-0.15, -0.1) is 21.5 Å². The molecule has 0 aliphatic rings. The van der Waals surface area contributed by atoms with Crippen molar-refractivity contribution in [3.05, 3.63) is 21.9 Å². The molecule has 0 aliphatic carbocycles. The molecule has 1 N–H and O–H groups in total. The maximum absolute atomic E-state index is 10.6. The van der Waals surface area contributed by atoms with E-state index in [0.717, 1.165) is 16.5 Å². The zero-order valence-corrected chi connectivity index (χ0v) is 11.6. The molecular formula is C10H12N4O2S2. The summed E-state index contributed by atoms with van der Waals surface area (Å²) in [5.74, 6) is -0.122. The van der Waals surface area contributed by atoms with Crippen LogP contribution in [0.5, 0.6) is 0 Å². The van der Waals surface area contributed by atoms with Crippen LogP contribution in [0.25, 0.3) is 0 Å². The van der Waals surface area contributed by atoms with Crippen LogP contribution in [-0.2, 0) is 11.3 Å². The topological polar surface area (TPSA) is 80.9 Å². The van der Waals surface area contributed by atoms with Crippen molar-refractivity contribution in [3.8, 4) is 0 Å². The second-order valence-corrected chi connectivity index (χ2v) is 5.57. The third-order valence-electron chi connectivity index (χ3n) is 2.19. The van der Waals surface area contributed by atoms with Crippen molar-refractivity contribution < 1.29 is 9.90 Å². The van der Waals surface area contributed by atoms with Gasteiger partial charge in [0.05, 0.1) is 12.3 Å². The van der Waals surface area contributed by atoms with Gasteiger partial charge in [-0.2, -0.15) is 0 Å². The van der Waals surface area contributed by atoms with Crippen molar-refractivity contribution in [2.75, 3.05) is 5.75 Å². The maximum Gasteiger partial charge on any atom is 0.313 e. The van der Waals surface area contributed by atoms with E-state index in [2.05, 4.69) is 15.2 Å². The van der Waals surface area contributed by atoms with Crippen molar-refractivity contribution >= 4 is 29.1 Å². The summed E-state index contributed by atoms with van der Waals surface area (Å²) in [7, 11) is 0. The number of hydrogen-bond donors (Lipinski definition) is 1. The molecule has 6 nitrogen and oxygen atoms in total. The molecule has 2 rings (SSSR count). The van der Waals surface area contributed by atoms with Gasteiger partial charge in [0.2, 0.25) is 0 Å². The number of carboxylic acid groups (broad SMARTS) is 1. The molecule has 0 radical (unpaired) electrons. The van der Waals surface area contributed by atoms with Gasteiger partial charge in [0.15, 0.2) is 5.16 Å². The quantitative estimate of drug-likeness (QED) is 0.839. The molecule has 2 heterocycles. The third kappa shape index (κ3) is 3.08. The highest BCUT2D eigenvalue weighted by Gasteiger charge is 2.12. The van der Waals surface area contributed by atoms with Gasteiger partial charge >= 0.3 is 5.97 Å². The van der Waals surface area contributed by atoms with Gasteiger partial charge in [0.1, 0.15) is 10.8 Å². The minimum Gasteiger partial charge on any atom is -0.481 e. The molecule has 0 atom stereocenters. The van der Waals surface area contributed by atoms with Crippen LogP contribution in [0.4, 0.5) is 0 Å². The predicted octanol–water partition coefficient (Wildman–Crippen LogP) is 1.58. The first-order valence-corrected chi connectivity index (χ1v) is 7.08. The molecule has 0 bridgehead atoms. The average Bonchev–Trinajstić information content (AvgIpc) is 2.85. The van der Waals surface area contributed by atoms with Gasteiger partial charge < -0.3 is 5.11 Å². The van der Waals surface area contributed by atoms with Crippen LogP contribution >= 0.6 is 23.1 Å². The molecule has 96 valence electrons. The van der Waals surface area contributed by atoms with Crippen LogP contribution in [0.1, 0.15) is 16.5 Å². The third-order valence-corrected chi connectivity index (χ3v) is 4.09. The summed E-state index contributed by atoms with van der Waals surface area (Å²) in [6, 6.07) is 0. The highest BCUT2D eigenvalue weighted by atomic mass is 32.2. The Kier molecular flexibility index (Phi) is 3.97. The number of aliphatic carboxylic acids is 1. The van der Waals surface area contributed by atoms with Crippen molar-refractivity contribution in [3.63, 3.8) is 0 Å². The molecule has 2 aromatic rings. The SMILES string of the molecule is Cc1csc(Cn2c(C)nnc2SCC(=O)O)n1. The summed E-state index contributed by atoms with van der Waals surface area (Å²) in [6.07, 6.45) is 0. The summed E-state index contributed by atoms with van der Waals surface area (Å²) in [5.41, 5.74) is 0.987.